The number of carbonyl (C=O) groups is 2. The Morgan fingerprint density at radius 1 is 1.05 bits per heavy atom. The number of fused-ring (bicyclic) bond motifs is 1. The normalized spacial score (nSPS) is 14.4. The number of amides is 1. The van der Waals surface area contributed by atoms with Crippen LogP contribution < -0.4 is 10.2 Å². The average Bonchev–Trinajstić information content (AvgIpc) is 3.39. The molecule has 1 amide bonds. The van der Waals surface area contributed by atoms with E-state index < -0.39 is 47.1 Å². The minimum atomic E-state index is -4.99. The molecule has 1 aliphatic rings. The van der Waals surface area contributed by atoms with Gasteiger partial charge in [0.05, 0.1) is 23.8 Å². The first-order valence-electron chi connectivity index (χ1n) is 10.9. The molecule has 1 aliphatic heterocycles. The van der Waals surface area contributed by atoms with Crippen molar-refractivity contribution < 1.29 is 41.0 Å². The summed E-state index contributed by atoms with van der Waals surface area (Å²) in [6, 6.07) is 7.41. The fourth-order valence-electron chi connectivity index (χ4n) is 4.03. The molecule has 0 saturated carbocycles. The second-order valence-corrected chi connectivity index (χ2v) is 8.34. The van der Waals surface area contributed by atoms with Crippen LogP contribution in [0.3, 0.4) is 0 Å². The van der Waals surface area contributed by atoms with Crippen LogP contribution in [-0.2, 0) is 25.4 Å². The van der Waals surface area contributed by atoms with Crippen molar-refractivity contribution in [1.82, 2.24) is 20.1 Å². The zero-order chi connectivity index (χ0) is 27.1. The molecule has 8 nitrogen and oxygen atoms in total. The number of nitrogens with one attached hydrogen (secondary N) is 1. The van der Waals surface area contributed by atoms with Gasteiger partial charge in [0.1, 0.15) is 17.1 Å². The molecule has 0 spiro atoms. The topological polar surface area (TPSA) is 100 Å². The average molecular weight is 527 g/mol. The van der Waals surface area contributed by atoms with E-state index in [2.05, 4.69) is 15.4 Å². The van der Waals surface area contributed by atoms with Crippen LogP contribution in [0.5, 0.6) is 0 Å². The molecular formula is C23H19F6N5O3. The standard InChI is InChI=1S/C23H19F6N5O3/c1-12(15-6-3-7-16(31-15)21(36)37)30-19(35)17-18(23(27,28)29)32-34-9-8-33(20(17)34)11-13-4-2-5-14(10-13)22(24,25)26/h2-7,10,12H,8-9,11H2,1H3,(H,30,35)(H,36,37)/t12-/m0/s1. The Morgan fingerprint density at radius 2 is 1.76 bits per heavy atom. The monoisotopic (exact) mass is 527 g/mol. The molecule has 0 radical (unpaired) electrons. The maximum atomic E-state index is 13.8. The molecule has 2 N–H and O–H groups in total. The summed E-state index contributed by atoms with van der Waals surface area (Å²) in [7, 11) is 0. The second kappa shape index (κ2) is 9.41. The van der Waals surface area contributed by atoms with E-state index in [-0.39, 0.29) is 42.4 Å². The van der Waals surface area contributed by atoms with E-state index in [0.717, 1.165) is 16.8 Å². The molecule has 37 heavy (non-hydrogen) atoms. The molecule has 1 aromatic carbocycles. The maximum absolute atomic E-state index is 13.8. The summed E-state index contributed by atoms with van der Waals surface area (Å²) < 4.78 is 81.8. The Morgan fingerprint density at radius 3 is 2.41 bits per heavy atom. The van der Waals surface area contributed by atoms with Crippen molar-refractivity contribution in [3.63, 3.8) is 0 Å². The van der Waals surface area contributed by atoms with E-state index in [4.69, 9.17) is 5.11 Å². The van der Waals surface area contributed by atoms with Crippen LogP contribution in [-0.4, -0.2) is 38.3 Å². The highest BCUT2D eigenvalue weighted by Gasteiger charge is 2.44. The molecule has 0 saturated heterocycles. The van der Waals surface area contributed by atoms with Crippen molar-refractivity contribution in [2.24, 2.45) is 0 Å². The smallest absolute Gasteiger partial charge is 0.436 e. The van der Waals surface area contributed by atoms with Gasteiger partial charge in [-0.1, -0.05) is 18.2 Å². The van der Waals surface area contributed by atoms with Crippen molar-refractivity contribution in [2.75, 3.05) is 11.4 Å². The summed E-state index contributed by atoms with van der Waals surface area (Å²) in [5.74, 6) is -2.64. The molecule has 196 valence electrons. The lowest BCUT2D eigenvalue weighted by Gasteiger charge is -2.21. The number of aromatic nitrogens is 3. The zero-order valence-electron chi connectivity index (χ0n) is 19.1. The van der Waals surface area contributed by atoms with Gasteiger partial charge < -0.3 is 15.3 Å². The van der Waals surface area contributed by atoms with E-state index in [9.17, 15) is 35.9 Å². The lowest BCUT2D eigenvalue weighted by molar-refractivity contribution is -0.142. The molecule has 1 atom stereocenters. The minimum absolute atomic E-state index is 0.0115. The molecule has 0 fully saturated rings. The number of hydrogen-bond donors (Lipinski definition) is 2. The number of carboxylic acid groups (broad SMARTS) is 1. The lowest BCUT2D eigenvalue weighted by atomic mass is 10.1. The Bertz CT molecular complexity index is 1350. The summed E-state index contributed by atoms with van der Waals surface area (Å²) in [5.41, 5.74) is -3.14. The van der Waals surface area contributed by atoms with Crippen LogP contribution in [0.1, 0.15) is 56.3 Å². The van der Waals surface area contributed by atoms with Crippen molar-refractivity contribution in [3.8, 4) is 0 Å². The van der Waals surface area contributed by atoms with E-state index in [1.807, 2.05) is 0 Å². The molecule has 3 heterocycles. The predicted molar refractivity (Wildman–Crippen MR) is 117 cm³/mol. The number of pyridine rings is 1. The van der Waals surface area contributed by atoms with Gasteiger partial charge >= 0.3 is 18.3 Å². The molecular weight excluding hydrogens is 508 g/mol. The third kappa shape index (κ3) is 5.37. The zero-order valence-corrected chi connectivity index (χ0v) is 19.1. The minimum Gasteiger partial charge on any atom is -0.477 e. The quantitative estimate of drug-likeness (QED) is 0.457. The first-order chi connectivity index (χ1) is 17.3. The number of aromatic carboxylic acids is 1. The lowest BCUT2D eigenvalue weighted by Crippen LogP contribution is -2.31. The van der Waals surface area contributed by atoms with Crippen LogP contribution >= 0.6 is 0 Å². The van der Waals surface area contributed by atoms with E-state index in [1.165, 1.54) is 42.2 Å². The highest BCUT2D eigenvalue weighted by molar-refractivity contribution is 6.01. The van der Waals surface area contributed by atoms with Crippen molar-refractivity contribution in [1.29, 1.82) is 0 Å². The maximum Gasteiger partial charge on any atom is 0.436 e. The van der Waals surface area contributed by atoms with Gasteiger partial charge in [-0.05, 0) is 36.8 Å². The summed E-state index contributed by atoms with van der Waals surface area (Å²) in [4.78, 5) is 29.6. The number of hydrogen-bond acceptors (Lipinski definition) is 5. The molecule has 0 bridgehead atoms. The first kappa shape index (κ1) is 26.0. The summed E-state index contributed by atoms with van der Waals surface area (Å²) in [6.45, 7) is 1.34. The van der Waals surface area contributed by atoms with Gasteiger partial charge in [0.15, 0.2) is 5.69 Å². The van der Waals surface area contributed by atoms with Crippen molar-refractivity contribution in [2.45, 2.75) is 38.4 Å². The van der Waals surface area contributed by atoms with Crippen molar-refractivity contribution >= 4 is 17.7 Å². The largest absolute Gasteiger partial charge is 0.477 e. The third-order valence-electron chi connectivity index (χ3n) is 5.71. The fourth-order valence-corrected chi connectivity index (χ4v) is 4.03. The number of benzene rings is 1. The molecule has 14 heteroatoms. The number of carboxylic acids is 1. The van der Waals surface area contributed by atoms with Gasteiger partial charge in [0.2, 0.25) is 0 Å². The Kier molecular flexibility index (Phi) is 6.60. The van der Waals surface area contributed by atoms with E-state index >= 15 is 0 Å². The summed E-state index contributed by atoms with van der Waals surface area (Å²) in [6.07, 6.45) is -9.59. The summed E-state index contributed by atoms with van der Waals surface area (Å²) >= 11 is 0. The number of anilines is 1. The molecule has 3 aromatic rings. The summed E-state index contributed by atoms with van der Waals surface area (Å²) in [5, 5.41) is 15.1. The van der Waals surface area contributed by atoms with Crippen LogP contribution in [0, 0.1) is 0 Å². The Balaban J connectivity index is 1.67. The molecule has 2 aromatic heterocycles. The fraction of sp³-hybridized carbons (Fsp3) is 0.304. The predicted octanol–water partition coefficient (Wildman–Crippen LogP) is 4.53. The van der Waals surface area contributed by atoms with Crippen LogP contribution in [0.4, 0.5) is 32.2 Å². The van der Waals surface area contributed by atoms with Gasteiger partial charge in [-0.15, -0.1) is 0 Å². The second-order valence-electron chi connectivity index (χ2n) is 8.34. The Hall–Kier alpha value is -4.10. The van der Waals surface area contributed by atoms with Gasteiger partial charge in [-0.3, -0.25) is 4.79 Å². The Labute approximate surface area is 205 Å². The molecule has 0 unspecified atom stereocenters. The highest BCUT2D eigenvalue weighted by atomic mass is 19.4. The number of halogens is 6. The van der Waals surface area contributed by atoms with Gasteiger partial charge in [-0.2, -0.15) is 31.4 Å². The number of rotatable bonds is 6. The number of carbonyl (C=O) groups excluding carboxylic acids is 1. The van der Waals surface area contributed by atoms with Gasteiger partial charge in [0, 0.05) is 13.1 Å². The van der Waals surface area contributed by atoms with Crippen LogP contribution in [0.25, 0.3) is 0 Å². The van der Waals surface area contributed by atoms with E-state index in [0.29, 0.717) is 0 Å². The highest BCUT2D eigenvalue weighted by Crippen LogP contribution is 2.39. The van der Waals surface area contributed by atoms with E-state index in [1.54, 1.807) is 0 Å². The number of alkyl halides is 6. The molecule has 0 aliphatic carbocycles. The van der Waals surface area contributed by atoms with Crippen molar-refractivity contribution in [3.05, 3.63) is 76.2 Å². The van der Waals surface area contributed by atoms with Crippen LogP contribution in [0.15, 0.2) is 42.5 Å². The number of nitrogens with zero attached hydrogens (tertiary/aromatic N) is 4. The third-order valence-corrected chi connectivity index (χ3v) is 5.71. The molecule has 4 rings (SSSR count). The van der Waals surface area contributed by atoms with Gasteiger partial charge in [-0.25, -0.2) is 14.5 Å². The van der Waals surface area contributed by atoms with Crippen LogP contribution in [0.2, 0.25) is 0 Å². The first-order valence-corrected chi connectivity index (χ1v) is 10.9. The SMILES string of the molecule is C[C@H](NC(=O)c1c(C(F)(F)F)nn2c1N(Cc1cccc(C(F)(F)F)c1)CC2)c1cccc(C(=O)O)n1. The van der Waals surface area contributed by atoms with Gasteiger partial charge in [0.25, 0.3) is 5.91 Å².